The topological polar surface area (TPSA) is 69.0 Å². The summed E-state index contributed by atoms with van der Waals surface area (Å²) >= 11 is 5.89. The molecule has 0 bridgehead atoms. The van der Waals surface area contributed by atoms with Crippen LogP contribution in [-0.2, 0) is 7.05 Å². The van der Waals surface area contributed by atoms with Crippen molar-refractivity contribution in [3.8, 4) is 17.1 Å². The Balaban J connectivity index is 1.55. The van der Waals surface area contributed by atoms with Crippen LogP contribution in [-0.4, -0.2) is 33.3 Å². The summed E-state index contributed by atoms with van der Waals surface area (Å²) in [5, 5.41) is 8.86. The Kier molecular flexibility index (Phi) is 5.68. The predicted octanol–water partition coefficient (Wildman–Crippen LogP) is 4.49. The molecule has 1 N–H and O–H groups in total. The summed E-state index contributed by atoms with van der Waals surface area (Å²) in [5.74, 6) is 0.519. The van der Waals surface area contributed by atoms with Crippen molar-refractivity contribution >= 4 is 28.4 Å². The molecule has 4 rings (SSSR count). The Hall–Kier alpha value is -3.38. The Morgan fingerprint density at radius 3 is 2.63 bits per heavy atom. The number of pyridine rings is 1. The Morgan fingerprint density at radius 2 is 1.90 bits per heavy atom. The molecule has 2 heterocycles. The lowest BCUT2D eigenvalue weighted by Gasteiger charge is -2.16. The molecule has 0 spiro atoms. The van der Waals surface area contributed by atoms with Gasteiger partial charge in [-0.05, 0) is 49.4 Å². The van der Waals surface area contributed by atoms with Crippen molar-refractivity contribution in [3.05, 3.63) is 77.4 Å². The minimum Gasteiger partial charge on any atom is -0.491 e. The normalized spacial score (nSPS) is 12.0. The molecule has 0 unspecified atom stereocenters. The number of nitrogens with one attached hydrogen (secondary N) is 1. The molecule has 1 atom stereocenters. The maximum absolute atomic E-state index is 13.1. The molecule has 0 saturated heterocycles. The molecule has 0 aliphatic carbocycles. The van der Waals surface area contributed by atoms with Gasteiger partial charge in [0.1, 0.15) is 18.1 Å². The third-order valence-corrected chi connectivity index (χ3v) is 4.88. The van der Waals surface area contributed by atoms with Gasteiger partial charge in [0.25, 0.3) is 5.91 Å². The molecular weight excluding hydrogens is 400 g/mol. The van der Waals surface area contributed by atoms with E-state index in [-0.39, 0.29) is 11.9 Å². The van der Waals surface area contributed by atoms with Gasteiger partial charge in [-0.3, -0.25) is 9.48 Å². The molecule has 2 aromatic heterocycles. The van der Waals surface area contributed by atoms with Crippen LogP contribution in [0.1, 0.15) is 17.3 Å². The Bertz CT molecular complexity index is 1190. The molecule has 0 fully saturated rings. The van der Waals surface area contributed by atoms with Gasteiger partial charge in [0.2, 0.25) is 0 Å². The molecule has 7 heteroatoms. The summed E-state index contributed by atoms with van der Waals surface area (Å²) in [6.07, 6.45) is 1.85. The van der Waals surface area contributed by atoms with E-state index in [1.165, 1.54) is 0 Å². The van der Waals surface area contributed by atoms with Gasteiger partial charge in [0, 0.05) is 23.7 Å². The quantitative estimate of drug-likeness (QED) is 0.499. The molecule has 0 saturated carbocycles. The zero-order valence-electron chi connectivity index (χ0n) is 16.7. The number of benzene rings is 2. The van der Waals surface area contributed by atoms with Crippen molar-refractivity contribution in [1.29, 1.82) is 0 Å². The van der Waals surface area contributed by atoms with E-state index in [0.29, 0.717) is 28.6 Å². The van der Waals surface area contributed by atoms with Crippen molar-refractivity contribution in [2.75, 3.05) is 6.61 Å². The zero-order chi connectivity index (χ0) is 21.1. The van der Waals surface area contributed by atoms with Crippen LogP contribution >= 0.6 is 11.6 Å². The van der Waals surface area contributed by atoms with Crippen molar-refractivity contribution in [2.24, 2.45) is 7.05 Å². The van der Waals surface area contributed by atoms with E-state index in [9.17, 15) is 4.79 Å². The van der Waals surface area contributed by atoms with Crippen LogP contribution in [0.4, 0.5) is 0 Å². The number of hydrogen-bond acceptors (Lipinski definition) is 4. The number of hydrogen-bond donors (Lipinski definition) is 1. The highest BCUT2D eigenvalue weighted by Crippen LogP contribution is 2.24. The van der Waals surface area contributed by atoms with Crippen LogP contribution in [0.25, 0.3) is 22.3 Å². The maximum atomic E-state index is 13.1. The summed E-state index contributed by atoms with van der Waals surface area (Å²) < 4.78 is 7.45. The molecule has 4 aromatic rings. The molecule has 0 aliphatic heterocycles. The lowest BCUT2D eigenvalue weighted by molar-refractivity contribution is 0.0928. The van der Waals surface area contributed by atoms with Crippen LogP contribution in [0, 0.1) is 0 Å². The van der Waals surface area contributed by atoms with E-state index >= 15 is 0 Å². The number of carbonyl (C=O) groups excluding carboxylic acids is 1. The van der Waals surface area contributed by atoms with Gasteiger partial charge >= 0.3 is 0 Å². The van der Waals surface area contributed by atoms with E-state index in [2.05, 4.69) is 15.4 Å². The van der Waals surface area contributed by atoms with Gasteiger partial charge in [-0.25, -0.2) is 4.98 Å². The second kappa shape index (κ2) is 8.55. The number of amides is 1. The SMILES string of the molecule is C[C@@H](COc1ccc(Cl)cc1)NC(=O)c1cc(-c2ccn(C)n2)nc2ccccc12. The van der Waals surface area contributed by atoms with Crippen molar-refractivity contribution < 1.29 is 9.53 Å². The van der Waals surface area contributed by atoms with Crippen molar-refractivity contribution in [3.63, 3.8) is 0 Å². The maximum Gasteiger partial charge on any atom is 0.252 e. The average Bonchev–Trinajstić information content (AvgIpc) is 3.19. The van der Waals surface area contributed by atoms with E-state index in [1.54, 1.807) is 35.0 Å². The van der Waals surface area contributed by atoms with Crippen molar-refractivity contribution in [2.45, 2.75) is 13.0 Å². The fraction of sp³-hybridized carbons (Fsp3) is 0.174. The van der Waals surface area contributed by atoms with Crippen LogP contribution < -0.4 is 10.1 Å². The van der Waals surface area contributed by atoms with E-state index in [4.69, 9.17) is 16.3 Å². The number of ether oxygens (including phenoxy) is 1. The first-order chi connectivity index (χ1) is 14.5. The third kappa shape index (κ3) is 4.44. The van der Waals surface area contributed by atoms with E-state index < -0.39 is 0 Å². The summed E-state index contributed by atoms with van der Waals surface area (Å²) in [7, 11) is 1.85. The first kappa shape index (κ1) is 19.9. The summed E-state index contributed by atoms with van der Waals surface area (Å²) in [5.41, 5.74) is 2.68. The molecule has 0 radical (unpaired) electrons. The molecule has 152 valence electrons. The first-order valence-electron chi connectivity index (χ1n) is 9.58. The number of fused-ring (bicyclic) bond motifs is 1. The predicted molar refractivity (Wildman–Crippen MR) is 118 cm³/mol. The third-order valence-electron chi connectivity index (χ3n) is 4.63. The highest BCUT2D eigenvalue weighted by atomic mass is 35.5. The highest BCUT2D eigenvalue weighted by Gasteiger charge is 2.17. The Morgan fingerprint density at radius 1 is 1.13 bits per heavy atom. The first-order valence-corrected chi connectivity index (χ1v) is 9.96. The molecular formula is C23H21ClN4O2. The van der Waals surface area contributed by atoms with Crippen LogP contribution in [0.15, 0.2) is 66.9 Å². The molecule has 2 aromatic carbocycles. The smallest absolute Gasteiger partial charge is 0.252 e. The largest absolute Gasteiger partial charge is 0.491 e. The van der Waals surface area contributed by atoms with Gasteiger partial charge in [-0.1, -0.05) is 29.8 Å². The minimum atomic E-state index is -0.196. The number of aromatic nitrogens is 3. The molecule has 6 nitrogen and oxygen atoms in total. The summed E-state index contributed by atoms with van der Waals surface area (Å²) in [6.45, 7) is 2.24. The molecule has 1 amide bonds. The average molecular weight is 421 g/mol. The van der Waals surface area contributed by atoms with Gasteiger partial charge in [-0.2, -0.15) is 5.10 Å². The zero-order valence-corrected chi connectivity index (χ0v) is 17.4. The molecule has 0 aliphatic rings. The fourth-order valence-corrected chi connectivity index (χ4v) is 3.27. The van der Waals surface area contributed by atoms with Gasteiger partial charge < -0.3 is 10.1 Å². The summed E-state index contributed by atoms with van der Waals surface area (Å²) in [6, 6.07) is 18.2. The summed E-state index contributed by atoms with van der Waals surface area (Å²) in [4.78, 5) is 17.7. The number of aryl methyl sites for hydroxylation is 1. The number of para-hydroxylation sites is 1. The fourth-order valence-electron chi connectivity index (χ4n) is 3.14. The van der Waals surface area contributed by atoms with Crippen LogP contribution in [0.2, 0.25) is 5.02 Å². The second-order valence-corrected chi connectivity index (χ2v) is 7.52. The molecule has 30 heavy (non-hydrogen) atoms. The number of rotatable bonds is 6. The lowest BCUT2D eigenvalue weighted by Crippen LogP contribution is -2.37. The number of carbonyl (C=O) groups is 1. The second-order valence-electron chi connectivity index (χ2n) is 7.09. The van der Waals surface area contributed by atoms with Gasteiger partial charge in [0.05, 0.1) is 22.8 Å². The van der Waals surface area contributed by atoms with E-state index in [1.807, 2.05) is 50.5 Å². The van der Waals surface area contributed by atoms with E-state index in [0.717, 1.165) is 16.6 Å². The van der Waals surface area contributed by atoms with Gasteiger partial charge in [0.15, 0.2) is 0 Å². The monoisotopic (exact) mass is 420 g/mol. The van der Waals surface area contributed by atoms with Crippen LogP contribution in [0.3, 0.4) is 0 Å². The Labute approximate surface area is 179 Å². The van der Waals surface area contributed by atoms with Crippen molar-refractivity contribution in [1.82, 2.24) is 20.1 Å². The minimum absolute atomic E-state index is 0.182. The number of halogens is 1. The van der Waals surface area contributed by atoms with Gasteiger partial charge in [-0.15, -0.1) is 0 Å². The van der Waals surface area contributed by atoms with Crippen LogP contribution in [0.5, 0.6) is 5.75 Å². The highest BCUT2D eigenvalue weighted by molar-refractivity contribution is 6.30. The lowest BCUT2D eigenvalue weighted by atomic mass is 10.1. The number of nitrogens with zero attached hydrogens (tertiary/aromatic N) is 3. The standard InChI is InChI=1S/C23H21ClN4O2/c1-15(14-30-17-9-7-16(24)8-10-17)25-23(29)19-13-22(21-11-12-28(2)27-21)26-20-6-4-3-5-18(19)20/h3-13,15H,14H2,1-2H3,(H,25,29)/t15-/m0/s1.